The van der Waals surface area contributed by atoms with E-state index in [0.29, 0.717) is 0 Å². The van der Waals surface area contributed by atoms with Crippen molar-refractivity contribution in [3.63, 3.8) is 0 Å². The third kappa shape index (κ3) is 2.72. The van der Waals surface area contributed by atoms with Gasteiger partial charge in [0.2, 0.25) is 0 Å². The third-order valence-corrected chi connectivity index (χ3v) is 3.96. The first-order valence-corrected chi connectivity index (χ1v) is 6.07. The summed E-state index contributed by atoms with van der Waals surface area (Å²) in [4.78, 5) is 0. The number of hydrogen-bond donors (Lipinski definition) is 0. The minimum Gasteiger partial charge on any atom is -0.0651 e. The van der Waals surface area contributed by atoms with E-state index in [-0.39, 0.29) is 0 Å². The van der Waals surface area contributed by atoms with Gasteiger partial charge in [0.25, 0.3) is 0 Å². The Morgan fingerprint density at radius 1 is 1.08 bits per heavy atom. The molecule has 1 rings (SSSR count). The molecule has 0 amide bonds. The Morgan fingerprint density at radius 2 is 1.69 bits per heavy atom. The lowest BCUT2D eigenvalue weighted by Gasteiger charge is -2.12. The molecule has 13 heavy (non-hydrogen) atoms. The summed E-state index contributed by atoms with van der Waals surface area (Å²) < 4.78 is 0. The van der Waals surface area contributed by atoms with Crippen molar-refractivity contribution in [2.45, 2.75) is 53.9 Å². The van der Waals surface area contributed by atoms with Crippen LogP contribution in [0.25, 0.3) is 0 Å². The zero-order valence-corrected chi connectivity index (χ0v) is 10.0. The van der Waals surface area contributed by atoms with Crippen LogP contribution < -0.4 is 0 Å². The standard InChI is InChI=1S/C13H26/c1-6-12-11(5)13(12)10(4)8-7-9(2)3/h9-13H,6-8H2,1-5H3. The van der Waals surface area contributed by atoms with Crippen LogP contribution in [0.5, 0.6) is 0 Å². The molecule has 0 heterocycles. The van der Waals surface area contributed by atoms with Crippen LogP contribution in [-0.4, -0.2) is 0 Å². The second-order valence-electron chi connectivity index (χ2n) is 5.46. The van der Waals surface area contributed by atoms with E-state index in [0.717, 1.165) is 29.6 Å². The van der Waals surface area contributed by atoms with Gasteiger partial charge in [-0.05, 0) is 29.6 Å². The molecular formula is C13H26. The van der Waals surface area contributed by atoms with E-state index >= 15 is 0 Å². The highest BCUT2D eigenvalue weighted by molar-refractivity contribution is 4.95. The van der Waals surface area contributed by atoms with Crippen molar-refractivity contribution in [3.05, 3.63) is 0 Å². The van der Waals surface area contributed by atoms with Crippen molar-refractivity contribution < 1.29 is 0 Å². The van der Waals surface area contributed by atoms with Gasteiger partial charge in [-0.3, -0.25) is 0 Å². The smallest absolute Gasteiger partial charge is 0.0329 e. The average Bonchev–Trinajstić information content (AvgIpc) is 2.72. The van der Waals surface area contributed by atoms with Crippen molar-refractivity contribution in [1.82, 2.24) is 0 Å². The van der Waals surface area contributed by atoms with Crippen molar-refractivity contribution in [3.8, 4) is 0 Å². The maximum atomic E-state index is 2.46. The molecule has 0 aromatic carbocycles. The summed E-state index contributed by atoms with van der Waals surface area (Å²) in [5.74, 6) is 5.00. The topological polar surface area (TPSA) is 0 Å². The van der Waals surface area contributed by atoms with Gasteiger partial charge in [0.1, 0.15) is 0 Å². The summed E-state index contributed by atoms with van der Waals surface area (Å²) in [7, 11) is 0. The van der Waals surface area contributed by atoms with Crippen LogP contribution in [0.3, 0.4) is 0 Å². The van der Waals surface area contributed by atoms with Gasteiger partial charge >= 0.3 is 0 Å². The largest absolute Gasteiger partial charge is 0.0651 e. The second kappa shape index (κ2) is 4.48. The molecule has 0 spiro atoms. The lowest BCUT2D eigenvalue weighted by atomic mass is 9.94. The van der Waals surface area contributed by atoms with Gasteiger partial charge in [0.05, 0.1) is 0 Å². The normalized spacial score (nSPS) is 35.1. The van der Waals surface area contributed by atoms with E-state index in [1.54, 1.807) is 0 Å². The van der Waals surface area contributed by atoms with E-state index in [2.05, 4.69) is 34.6 Å². The Morgan fingerprint density at radius 3 is 2.08 bits per heavy atom. The molecule has 0 aliphatic heterocycles. The SMILES string of the molecule is CCC1C(C)C1C(C)CCC(C)C. The van der Waals surface area contributed by atoms with Crippen molar-refractivity contribution >= 4 is 0 Å². The molecule has 1 fully saturated rings. The zero-order valence-electron chi connectivity index (χ0n) is 10.0. The molecule has 0 nitrogen and oxygen atoms in total. The van der Waals surface area contributed by atoms with E-state index in [9.17, 15) is 0 Å². The summed E-state index contributed by atoms with van der Waals surface area (Å²) >= 11 is 0. The molecule has 4 atom stereocenters. The van der Waals surface area contributed by atoms with Crippen LogP contribution in [0.4, 0.5) is 0 Å². The summed E-state index contributed by atoms with van der Waals surface area (Å²) in [6.07, 6.45) is 4.27. The van der Waals surface area contributed by atoms with Gasteiger partial charge in [-0.1, -0.05) is 53.9 Å². The Balaban J connectivity index is 2.21. The zero-order chi connectivity index (χ0) is 10.0. The Hall–Kier alpha value is 0. The first-order valence-electron chi connectivity index (χ1n) is 6.07. The lowest BCUT2D eigenvalue weighted by Crippen LogP contribution is -2.02. The van der Waals surface area contributed by atoms with E-state index in [1.807, 2.05) is 0 Å². The maximum absolute atomic E-state index is 2.46. The monoisotopic (exact) mass is 182 g/mol. The lowest BCUT2D eigenvalue weighted by molar-refractivity contribution is 0.386. The van der Waals surface area contributed by atoms with E-state index in [1.165, 1.54) is 19.3 Å². The predicted molar refractivity (Wildman–Crippen MR) is 59.7 cm³/mol. The van der Waals surface area contributed by atoms with Crippen LogP contribution in [0.1, 0.15) is 53.9 Å². The fourth-order valence-corrected chi connectivity index (χ4v) is 2.95. The minimum atomic E-state index is 0.886. The van der Waals surface area contributed by atoms with E-state index in [4.69, 9.17) is 0 Å². The second-order valence-corrected chi connectivity index (χ2v) is 5.46. The number of hydrogen-bond acceptors (Lipinski definition) is 0. The quantitative estimate of drug-likeness (QED) is 0.593. The van der Waals surface area contributed by atoms with Gasteiger partial charge < -0.3 is 0 Å². The van der Waals surface area contributed by atoms with Gasteiger partial charge in [-0.25, -0.2) is 0 Å². The van der Waals surface area contributed by atoms with Gasteiger partial charge in [-0.15, -0.1) is 0 Å². The van der Waals surface area contributed by atoms with Gasteiger partial charge in [0.15, 0.2) is 0 Å². The molecule has 1 aliphatic carbocycles. The van der Waals surface area contributed by atoms with Gasteiger partial charge in [-0.2, -0.15) is 0 Å². The first-order chi connectivity index (χ1) is 6.07. The Bertz CT molecular complexity index is 148. The van der Waals surface area contributed by atoms with Crippen molar-refractivity contribution in [2.24, 2.45) is 29.6 Å². The number of rotatable bonds is 5. The summed E-state index contributed by atoms with van der Waals surface area (Å²) in [5, 5.41) is 0. The fourth-order valence-electron chi connectivity index (χ4n) is 2.95. The molecule has 0 aromatic rings. The van der Waals surface area contributed by atoms with Crippen LogP contribution >= 0.6 is 0 Å². The highest BCUT2D eigenvalue weighted by Gasteiger charge is 2.47. The third-order valence-electron chi connectivity index (χ3n) is 3.96. The molecule has 0 aromatic heterocycles. The molecule has 0 radical (unpaired) electrons. The molecule has 0 heteroatoms. The van der Waals surface area contributed by atoms with Gasteiger partial charge in [0, 0.05) is 0 Å². The Labute approximate surface area is 84.1 Å². The van der Waals surface area contributed by atoms with Crippen LogP contribution in [0, 0.1) is 29.6 Å². The summed E-state index contributed by atoms with van der Waals surface area (Å²) in [6, 6.07) is 0. The van der Waals surface area contributed by atoms with Crippen LogP contribution in [0.2, 0.25) is 0 Å². The molecule has 0 bridgehead atoms. The predicted octanol–water partition coefficient (Wildman–Crippen LogP) is 4.35. The highest BCUT2D eigenvalue weighted by atomic mass is 14.5. The molecule has 78 valence electrons. The molecule has 0 saturated heterocycles. The molecule has 4 unspecified atom stereocenters. The molecular weight excluding hydrogens is 156 g/mol. The van der Waals surface area contributed by atoms with Crippen LogP contribution in [0.15, 0.2) is 0 Å². The minimum absolute atomic E-state index is 0.886. The Kier molecular flexibility index (Phi) is 3.82. The first kappa shape index (κ1) is 11.1. The summed E-state index contributed by atoms with van der Waals surface area (Å²) in [6.45, 7) is 11.9. The van der Waals surface area contributed by atoms with E-state index < -0.39 is 0 Å². The van der Waals surface area contributed by atoms with Crippen molar-refractivity contribution in [2.75, 3.05) is 0 Å². The molecule has 1 aliphatic rings. The highest BCUT2D eigenvalue weighted by Crippen LogP contribution is 2.53. The van der Waals surface area contributed by atoms with Crippen molar-refractivity contribution in [1.29, 1.82) is 0 Å². The summed E-state index contributed by atoms with van der Waals surface area (Å²) in [5.41, 5.74) is 0. The average molecular weight is 182 g/mol. The van der Waals surface area contributed by atoms with Crippen LogP contribution in [-0.2, 0) is 0 Å². The molecule has 0 N–H and O–H groups in total. The molecule has 1 saturated carbocycles. The fraction of sp³-hybridized carbons (Fsp3) is 1.00. The maximum Gasteiger partial charge on any atom is -0.0329 e.